The number of hydrogen-bond donors (Lipinski definition) is 1. The van der Waals surface area contributed by atoms with E-state index >= 15 is 0 Å². The fraction of sp³-hybridized carbons (Fsp3) is 0.625. The van der Waals surface area contributed by atoms with Crippen molar-refractivity contribution in [2.75, 3.05) is 6.61 Å². The Morgan fingerprint density at radius 1 is 1.19 bits per heavy atom. The summed E-state index contributed by atoms with van der Waals surface area (Å²) in [6.45, 7) is 2.10. The molecule has 4 atom stereocenters. The number of aliphatic hydroxyl groups is 1. The summed E-state index contributed by atoms with van der Waals surface area (Å²) in [6.07, 6.45) is 3.71. The van der Waals surface area contributed by atoms with Crippen LogP contribution >= 0.6 is 0 Å². The van der Waals surface area contributed by atoms with E-state index in [1.807, 2.05) is 6.92 Å². The van der Waals surface area contributed by atoms with Crippen molar-refractivity contribution in [2.24, 2.45) is 17.8 Å². The molecule has 0 aromatic heterocycles. The van der Waals surface area contributed by atoms with Crippen LogP contribution in [0.2, 0.25) is 0 Å². The molecule has 21 heavy (non-hydrogen) atoms. The van der Waals surface area contributed by atoms with Gasteiger partial charge in [0.2, 0.25) is 0 Å². The zero-order valence-corrected chi connectivity index (χ0v) is 13.1. The van der Waals surface area contributed by atoms with Gasteiger partial charge in [0.1, 0.15) is 0 Å². The van der Waals surface area contributed by atoms with E-state index in [9.17, 15) is 13.5 Å². The van der Waals surface area contributed by atoms with Gasteiger partial charge in [0.15, 0.2) is 0 Å². The smallest absolute Gasteiger partial charge is 0.296 e. The molecular weight excluding hydrogens is 288 g/mol. The average Bonchev–Trinajstić information content (AvgIpc) is 2.46. The van der Waals surface area contributed by atoms with E-state index in [0.29, 0.717) is 5.92 Å². The van der Waals surface area contributed by atoms with Gasteiger partial charge >= 0.3 is 0 Å². The van der Waals surface area contributed by atoms with E-state index in [-0.39, 0.29) is 29.4 Å². The maximum atomic E-state index is 12.2. The Bertz CT molecular complexity index is 593. The van der Waals surface area contributed by atoms with Gasteiger partial charge in [-0.15, -0.1) is 0 Å². The molecule has 0 radical (unpaired) electrons. The number of hydrogen-bond acceptors (Lipinski definition) is 4. The normalized spacial score (nSPS) is 32.3. The summed E-state index contributed by atoms with van der Waals surface area (Å²) in [5.41, 5.74) is 1.02. The molecule has 3 aliphatic carbocycles. The zero-order chi connectivity index (χ0) is 15.0. The molecule has 0 amide bonds. The van der Waals surface area contributed by atoms with Crippen LogP contribution < -0.4 is 0 Å². The topological polar surface area (TPSA) is 63.6 Å². The second kappa shape index (κ2) is 5.71. The molecule has 4 nitrogen and oxygen atoms in total. The second-order valence-corrected chi connectivity index (χ2v) is 8.07. The fourth-order valence-corrected chi connectivity index (χ4v) is 4.72. The van der Waals surface area contributed by atoms with Gasteiger partial charge in [-0.3, -0.25) is 4.18 Å². The molecule has 0 heterocycles. The van der Waals surface area contributed by atoms with Gasteiger partial charge < -0.3 is 5.11 Å². The van der Waals surface area contributed by atoms with Gasteiger partial charge in [-0.2, -0.15) is 8.42 Å². The number of rotatable bonds is 4. The largest absolute Gasteiger partial charge is 0.393 e. The van der Waals surface area contributed by atoms with Gasteiger partial charge in [-0.1, -0.05) is 17.7 Å². The summed E-state index contributed by atoms with van der Waals surface area (Å²) in [6, 6.07) is 6.68. The van der Waals surface area contributed by atoms with Crippen LogP contribution in [0.1, 0.15) is 31.2 Å². The molecule has 5 heteroatoms. The minimum atomic E-state index is -3.69. The Labute approximate surface area is 126 Å². The van der Waals surface area contributed by atoms with Crippen molar-refractivity contribution >= 4 is 10.1 Å². The van der Waals surface area contributed by atoms with Crippen LogP contribution in [0, 0.1) is 24.7 Å². The molecule has 0 saturated heterocycles. The van der Waals surface area contributed by atoms with Crippen molar-refractivity contribution < 1.29 is 17.7 Å². The molecule has 2 bridgehead atoms. The maximum Gasteiger partial charge on any atom is 0.296 e. The van der Waals surface area contributed by atoms with E-state index in [4.69, 9.17) is 4.18 Å². The van der Waals surface area contributed by atoms with Crippen LogP contribution in [-0.4, -0.2) is 26.2 Å². The second-order valence-electron chi connectivity index (χ2n) is 6.46. The number of aryl methyl sites for hydroxylation is 1. The lowest BCUT2D eigenvalue weighted by Crippen LogP contribution is -2.43. The van der Waals surface area contributed by atoms with Gasteiger partial charge in [0, 0.05) is 0 Å². The summed E-state index contributed by atoms with van der Waals surface area (Å²) >= 11 is 0. The minimum absolute atomic E-state index is 0.160. The Balaban J connectivity index is 1.65. The van der Waals surface area contributed by atoms with E-state index in [0.717, 1.165) is 31.2 Å². The first-order valence-corrected chi connectivity index (χ1v) is 9.01. The van der Waals surface area contributed by atoms with Crippen LogP contribution in [-0.2, 0) is 14.3 Å². The lowest BCUT2D eigenvalue weighted by Gasteiger charge is -2.45. The van der Waals surface area contributed by atoms with E-state index in [2.05, 4.69) is 0 Å². The van der Waals surface area contributed by atoms with Gasteiger partial charge in [0.25, 0.3) is 10.1 Å². The summed E-state index contributed by atoms with van der Waals surface area (Å²) in [5, 5.41) is 10.0. The zero-order valence-electron chi connectivity index (χ0n) is 12.2. The molecule has 3 fully saturated rings. The first kappa shape index (κ1) is 15.0. The average molecular weight is 310 g/mol. The summed E-state index contributed by atoms with van der Waals surface area (Å²) < 4.78 is 29.6. The van der Waals surface area contributed by atoms with E-state index in [1.165, 1.54) is 0 Å². The maximum absolute atomic E-state index is 12.2. The lowest BCUT2D eigenvalue weighted by atomic mass is 9.63. The van der Waals surface area contributed by atoms with Crippen molar-refractivity contribution in [1.29, 1.82) is 0 Å². The first-order valence-electron chi connectivity index (χ1n) is 7.60. The SMILES string of the molecule is Cc1ccc(S(=O)(=O)OCC2CC3CCC2C(O)C3)cc1. The highest BCUT2D eigenvalue weighted by atomic mass is 32.2. The van der Waals surface area contributed by atoms with Crippen molar-refractivity contribution in [3.63, 3.8) is 0 Å². The number of benzene rings is 1. The highest BCUT2D eigenvalue weighted by Gasteiger charge is 2.41. The number of fused-ring (bicyclic) bond motifs is 3. The molecule has 1 aromatic rings. The predicted octanol–water partition coefficient (Wildman–Crippen LogP) is 2.50. The van der Waals surface area contributed by atoms with Crippen LogP contribution in [0.15, 0.2) is 29.2 Å². The third kappa shape index (κ3) is 3.15. The minimum Gasteiger partial charge on any atom is -0.393 e. The molecule has 3 aliphatic rings. The highest BCUT2D eigenvalue weighted by molar-refractivity contribution is 7.86. The first-order chi connectivity index (χ1) is 9.95. The Hall–Kier alpha value is -0.910. The van der Waals surface area contributed by atoms with E-state index < -0.39 is 10.1 Å². The number of aliphatic hydroxyl groups excluding tert-OH is 1. The standard InChI is InChI=1S/C16H22O4S/c1-11-2-5-14(6-3-11)21(18,19)20-10-13-8-12-4-7-15(13)16(17)9-12/h2-3,5-6,12-13,15-17H,4,7-10H2,1H3. The van der Waals surface area contributed by atoms with Crippen molar-refractivity contribution in [3.05, 3.63) is 29.8 Å². The molecule has 4 rings (SSSR count). The molecule has 0 aliphatic heterocycles. The molecular formula is C16H22O4S. The molecule has 4 unspecified atom stereocenters. The third-order valence-corrected chi connectivity index (χ3v) is 6.26. The Morgan fingerprint density at radius 2 is 1.90 bits per heavy atom. The Kier molecular flexibility index (Phi) is 4.08. The van der Waals surface area contributed by atoms with Crippen molar-refractivity contribution in [1.82, 2.24) is 0 Å². The summed E-state index contributed by atoms with van der Waals surface area (Å²) in [7, 11) is -3.69. The van der Waals surface area contributed by atoms with Crippen molar-refractivity contribution in [2.45, 2.75) is 43.6 Å². The summed E-state index contributed by atoms with van der Waals surface area (Å²) in [4.78, 5) is 0.203. The van der Waals surface area contributed by atoms with Gasteiger partial charge in [-0.05, 0) is 62.5 Å². The van der Waals surface area contributed by atoms with Crippen LogP contribution in [0.25, 0.3) is 0 Å². The van der Waals surface area contributed by atoms with Crippen LogP contribution in [0.3, 0.4) is 0 Å². The molecule has 116 valence electrons. The summed E-state index contributed by atoms with van der Waals surface area (Å²) in [5.74, 6) is 0.886. The van der Waals surface area contributed by atoms with Crippen LogP contribution in [0.4, 0.5) is 0 Å². The van der Waals surface area contributed by atoms with Gasteiger partial charge in [0.05, 0.1) is 17.6 Å². The molecule has 0 spiro atoms. The van der Waals surface area contributed by atoms with Crippen LogP contribution in [0.5, 0.6) is 0 Å². The monoisotopic (exact) mass is 310 g/mol. The van der Waals surface area contributed by atoms with Crippen molar-refractivity contribution in [3.8, 4) is 0 Å². The highest BCUT2D eigenvalue weighted by Crippen LogP contribution is 2.45. The molecule has 1 aromatic carbocycles. The lowest BCUT2D eigenvalue weighted by molar-refractivity contribution is -0.0485. The fourth-order valence-electron chi connectivity index (χ4n) is 3.76. The van der Waals surface area contributed by atoms with E-state index in [1.54, 1.807) is 24.3 Å². The third-order valence-electron chi connectivity index (χ3n) is 4.97. The Morgan fingerprint density at radius 3 is 2.52 bits per heavy atom. The van der Waals surface area contributed by atoms with Gasteiger partial charge in [-0.25, -0.2) is 0 Å². The predicted molar refractivity (Wildman–Crippen MR) is 79.3 cm³/mol. The quantitative estimate of drug-likeness (QED) is 0.868. The molecule has 1 N–H and O–H groups in total. The molecule has 3 saturated carbocycles.